The number of aromatic nitrogens is 2. The number of amidine groups is 1. The molecule has 0 amide bonds. The van der Waals surface area contributed by atoms with Gasteiger partial charge in [-0.15, -0.1) is 0 Å². The zero-order valence-electron chi connectivity index (χ0n) is 8.40. The van der Waals surface area contributed by atoms with Gasteiger partial charge in [0.15, 0.2) is 11.0 Å². The molecule has 76 valence electrons. The minimum Gasteiger partial charge on any atom is -0.318 e. The van der Waals surface area contributed by atoms with Crippen LogP contribution in [0.3, 0.4) is 0 Å². The molecule has 2 rings (SSSR count). The number of hydrogen-bond donors (Lipinski definition) is 1. The molecule has 5 heteroatoms. The van der Waals surface area contributed by atoms with Crippen LogP contribution in [0.4, 0.5) is 5.82 Å². The second-order valence-corrected chi connectivity index (χ2v) is 4.50. The summed E-state index contributed by atoms with van der Waals surface area (Å²) in [6.07, 6.45) is 3.08. The number of nitrogens with zero attached hydrogens (tertiary/aromatic N) is 3. The fraction of sp³-hybridized carbons (Fsp3) is 0.556. The maximum absolute atomic E-state index is 4.51. The van der Waals surface area contributed by atoms with Crippen LogP contribution in [0.2, 0.25) is 0 Å². The lowest BCUT2D eigenvalue weighted by Crippen LogP contribution is -2.18. The van der Waals surface area contributed by atoms with Gasteiger partial charge in [0.1, 0.15) is 0 Å². The van der Waals surface area contributed by atoms with Gasteiger partial charge < -0.3 is 5.32 Å². The van der Waals surface area contributed by atoms with Crippen LogP contribution in [0.5, 0.6) is 0 Å². The molecule has 1 aliphatic heterocycles. The molecule has 0 spiro atoms. The normalized spacial score (nSPS) is 21.9. The van der Waals surface area contributed by atoms with Gasteiger partial charge in [-0.1, -0.05) is 11.8 Å². The molecule has 1 unspecified atom stereocenters. The standard InChI is InChI=1S/C9H14N4S/c1-7-4-6-14-9(10-7)11-8-3-5-13(2)12-8/h3,5,7H,4,6H2,1-2H3,(H,10,11,12). The highest BCUT2D eigenvalue weighted by molar-refractivity contribution is 8.14. The lowest BCUT2D eigenvalue weighted by Gasteiger charge is -2.16. The van der Waals surface area contributed by atoms with E-state index in [1.54, 1.807) is 16.4 Å². The molecule has 0 saturated heterocycles. The molecule has 1 N–H and O–H groups in total. The number of hydrogen-bond acceptors (Lipinski definition) is 4. The molecule has 1 atom stereocenters. The number of anilines is 1. The summed E-state index contributed by atoms with van der Waals surface area (Å²) in [5.74, 6) is 2.01. The van der Waals surface area contributed by atoms with Crippen molar-refractivity contribution < 1.29 is 0 Å². The summed E-state index contributed by atoms with van der Waals surface area (Å²) in [6.45, 7) is 2.14. The molecule has 4 nitrogen and oxygen atoms in total. The third-order valence-electron chi connectivity index (χ3n) is 2.06. The van der Waals surface area contributed by atoms with Crippen molar-refractivity contribution in [3.05, 3.63) is 12.3 Å². The molecular weight excluding hydrogens is 196 g/mol. The largest absolute Gasteiger partial charge is 0.318 e. The van der Waals surface area contributed by atoms with Crippen LogP contribution in [-0.4, -0.2) is 26.7 Å². The van der Waals surface area contributed by atoms with Crippen molar-refractivity contribution in [3.8, 4) is 0 Å². The van der Waals surface area contributed by atoms with E-state index in [1.165, 1.54) is 0 Å². The average Bonchev–Trinajstić information content (AvgIpc) is 2.51. The van der Waals surface area contributed by atoms with Crippen molar-refractivity contribution in [3.63, 3.8) is 0 Å². The minimum absolute atomic E-state index is 0.433. The molecule has 0 fully saturated rings. The fourth-order valence-corrected chi connectivity index (χ4v) is 2.37. The Kier molecular flexibility index (Phi) is 2.77. The Balaban J connectivity index is 2.03. The zero-order chi connectivity index (χ0) is 9.97. The van der Waals surface area contributed by atoms with Gasteiger partial charge in [0.2, 0.25) is 0 Å². The summed E-state index contributed by atoms with van der Waals surface area (Å²) in [4.78, 5) is 4.51. The van der Waals surface area contributed by atoms with E-state index in [0.717, 1.165) is 23.2 Å². The maximum Gasteiger partial charge on any atom is 0.162 e. The average molecular weight is 210 g/mol. The van der Waals surface area contributed by atoms with Crippen LogP contribution < -0.4 is 5.32 Å². The maximum atomic E-state index is 4.51. The SMILES string of the molecule is CC1CCSC(Nc2ccn(C)n2)=N1. The first-order valence-corrected chi connectivity index (χ1v) is 5.70. The molecule has 0 bridgehead atoms. The van der Waals surface area contributed by atoms with Gasteiger partial charge in [0.05, 0.1) is 6.04 Å². The van der Waals surface area contributed by atoms with Gasteiger partial charge in [-0.05, 0) is 13.3 Å². The summed E-state index contributed by atoms with van der Waals surface area (Å²) in [5, 5.41) is 8.44. The monoisotopic (exact) mass is 210 g/mol. The highest BCUT2D eigenvalue weighted by Gasteiger charge is 2.11. The molecule has 1 aliphatic rings. The first-order valence-electron chi connectivity index (χ1n) is 4.71. The first kappa shape index (κ1) is 9.58. The number of aliphatic imine (C=N–C) groups is 1. The molecule has 1 aromatic heterocycles. The molecular formula is C9H14N4S. The molecule has 0 saturated carbocycles. The summed E-state index contributed by atoms with van der Waals surface area (Å²) in [6, 6.07) is 2.38. The Hall–Kier alpha value is -0.970. The van der Waals surface area contributed by atoms with Gasteiger partial charge >= 0.3 is 0 Å². The van der Waals surface area contributed by atoms with Crippen LogP contribution in [-0.2, 0) is 7.05 Å². The van der Waals surface area contributed by atoms with Gasteiger partial charge in [0.25, 0.3) is 0 Å². The van der Waals surface area contributed by atoms with Gasteiger partial charge in [-0.3, -0.25) is 9.67 Å². The lowest BCUT2D eigenvalue weighted by atomic mass is 10.3. The van der Waals surface area contributed by atoms with E-state index >= 15 is 0 Å². The van der Waals surface area contributed by atoms with E-state index in [-0.39, 0.29) is 0 Å². The third-order valence-corrected chi connectivity index (χ3v) is 2.98. The van der Waals surface area contributed by atoms with Crippen molar-refractivity contribution in [1.29, 1.82) is 0 Å². The van der Waals surface area contributed by atoms with Crippen molar-refractivity contribution in [2.24, 2.45) is 12.0 Å². The molecule has 0 radical (unpaired) electrons. The number of thioether (sulfide) groups is 1. The van der Waals surface area contributed by atoms with Crippen molar-refractivity contribution in [2.45, 2.75) is 19.4 Å². The van der Waals surface area contributed by atoms with Crippen molar-refractivity contribution in [2.75, 3.05) is 11.1 Å². The summed E-state index contributed by atoms with van der Waals surface area (Å²) in [7, 11) is 1.91. The topological polar surface area (TPSA) is 42.2 Å². The predicted molar refractivity (Wildman–Crippen MR) is 60.8 cm³/mol. The second-order valence-electron chi connectivity index (χ2n) is 3.42. The van der Waals surface area contributed by atoms with Crippen molar-refractivity contribution >= 4 is 22.7 Å². The van der Waals surface area contributed by atoms with Crippen LogP contribution >= 0.6 is 11.8 Å². The first-order chi connectivity index (χ1) is 6.74. The third kappa shape index (κ3) is 2.29. The second kappa shape index (κ2) is 4.04. The lowest BCUT2D eigenvalue weighted by molar-refractivity contribution is 0.720. The highest BCUT2D eigenvalue weighted by atomic mass is 32.2. The molecule has 2 heterocycles. The Labute approximate surface area is 87.8 Å². The highest BCUT2D eigenvalue weighted by Crippen LogP contribution is 2.18. The van der Waals surface area contributed by atoms with Crippen LogP contribution in [0.1, 0.15) is 13.3 Å². The van der Waals surface area contributed by atoms with E-state index in [0.29, 0.717) is 6.04 Å². The van der Waals surface area contributed by atoms with E-state index in [2.05, 4.69) is 22.3 Å². The summed E-state index contributed by atoms with van der Waals surface area (Å²) in [5.41, 5.74) is 0. The minimum atomic E-state index is 0.433. The van der Waals surface area contributed by atoms with Crippen molar-refractivity contribution in [1.82, 2.24) is 9.78 Å². The number of aryl methyl sites for hydroxylation is 1. The van der Waals surface area contributed by atoms with Crippen LogP contribution in [0.15, 0.2) is 17.3 Å². The van der Waals surface area contributed by atoms with Gasteiger partial charge in [0, 0.05) is 25.1 Å². The number of nitrogens with one attached hydrogen (secondary N) is 1. The van der Waals surface area contributed by atoms with Gasteiger partial charge in [-0.2, -0.15) is 5.10 Å². The Bertz CT molecular complexity index is 344. The van der Waals surface area contributed by atoms with E-state index in [9.17, 15) is 0 Å². The Morgan fingerprint density at radius 3 is 3.14 bits per heavy atom. The predicted octanol–water partition coefficient (Wildman–Crippen LogP) is 1.71. The molecule has 14 heavy (non-hydrogen) atoms. The van der Waals surface area contributed by atoms with Crippen LogP contribution in [0, 0.1) is 0 Å². The quantitative estimate of drug-likeness (QED) is 0.767. The van der Waals surface area contributed by atoms with Crippen LogP contribution in [0.25, 0.3) is 0 Å². The Morgan fingerprint density at radius 2 is 2.50 bits per heavy atom. The van der Waals surface area contributed by atoms with E-state index in [1.807, 2.05) is 19.3 Å². The number of rotatable bonds is 1. The Morgan fingerprint density at radius 1 is 1.64 bits per heavy atom. The van der Waals surface area contributed by atoms with E-state index in [4.69, 9.17) is 0 Å². The fourth-order valence-electron chi connectivity index (χ4n) is 1.29. The summed E-state index contributed by atoms with van der Waals surface area (Å²) < 4.78 is 1.78. The van der Waals surface area contributed by atoms with E-state index < -0.39 is 0 Å². The van der Waals surface area contributed by atoms with Gasteiger partial charge in [-0.25, -0.2) is 0 Å². The molecule has 1 aromatic rings. The smallest absolute Gasteiger partial charge is 0.162 e. The summed E-state index contributed by atoms with van der Waals surface area (Å²) >= 11 is 1.76. The molecule has 0 aliphatic carbocycles. The zero-order valence-corrected chi connectivity index (χ0v) is 9.21. The molecule has 0 aromatic carbocycles.